The van der Waals surface area contributed by atoms with Gasteiger partial charge in [-0.25, -0.2) is 8.42 Å². The molecule has 0 fully saturated rings. The Bertz CT molecular complexity index is 1160. The first-order chi connectivity index (χ1) is 14.8. The number of nitrogens with one attached hydrogen (secondary N) is 3. The van der Waals surface area contributed by atoms with Gasteiger partial charge in [0.05, 0.1) is 24.8 Å². The van der Waals surface area contributed by atoms with Crippen molar-refractivity contribution in [2.45, 2.75) is 11.8 Å². The van der Waals surface area contributed by atoms with E-state index in [0.717, 1.165) is 5.56 Å². The first-order valence-electron chi connectivity index (χ1n) is 9.30. The van der Waals surface area contributed by atoms with Crippen LogP contribution in [0.3, 0.4) is 0 Å². The van der Waals surface area contributed by atoms with Crippen LogP contribution in [0.2, 0.25) is 0 Å². The lowest BCUT2D eigenvalue weighted by molar-refractivity contribution is 0.395. The monoisotopic (exact) mass is 457 g/mol. The molecule has 9 heteroatoms. The maximum atomic E-state index is 12.5. The molecule has 0 aliphatic carbocycles. The van der Waals surface area contributed by atoms with Crippen LogP contribution >= 0.6 is 12.2 Å². The van der Waals surface area contributed by atoms with Crippen molar-refractivity contribution in [2.24, 2.45) is 0 Å². The van der Waals surface area contributed by atoms with Gasteiger partial charge in [0.15, 0.2) is 5.11 Å². The highest BCUT2D eigenvalue weighted by Gasteiger charge is 2.14. The standard InChI is InChI=1S/C22H23N3O4S2/c1-15-4-11-19(12-5-15)31(26,27)25-17-8-6-16(7-9-17)23-22(30)24-20-13-10-18(28-2)14-21(20)29-3/h4-14,25H,1-3H3,(H2,23,24,30). The van der Waals surface area contributed by atoms with Crippen LogP contribution in [0.25, 0.3) is 0 Å². The quantitative estimate of drug-likeness (QED) is 0.446. The Labute approximate surface area is 187 Å². The highest BCUT2D eigenvalue weighted by molar-refractivity contribution is 7.92. The number of rotatable bonds is 7. The van der Waals surface area contributed by atoms with E-state index in [9.17, 15) is 8.42 Å². The lowest BCUT2D eigenvalue weighted by atomic mass is 10.2. The van der Waals surface area contributed by atoms with Gasteiger partial charge in [-0.2, -0.15) is 0 Å². The molecule has 31 heavy (non-hydrogen) atoms. The van der Waals surface area contributed by atoms with Gasteiger partial charge in [0, 0.05) is 17.4 Å². The summed E-state index contributed by atoms with van der Waals surface area (Å²) in [4.78, 5) is 0.208. The summed E-state index contributed by atoms with van der Waals surface area (Å²) in [5.74, 6) is 1.26. The Hall–Kier alpha value is -3.30. The molecule has 7 nitrogen and oxygen atoms in total. The number of anilines is 3. The minimum absolute atomic E-state index is 0.208. The van der Waals surface area contributed by atoms with E-state index < -0.39 is 10.0 Å². The van der Waals surface area contributed by atoms with Crippen LogP contribution in [0.4, 0.5) is 17.1 Å². The number of hydrogen-bond donors (Lipinski definition) is 3. The number of methoxy groups -OCH3 is 2. The normalized spacial score (nSPS) is 10.8. The molecule has 3 rings (SSSR count). The van der Waals surface area contributed by atoms with Crippen LogP contribution in [0.5, 0.6) is 11.5 Å². The van der Waals surface area contributed by atoms with E-state index in [0.29, 0.717) is 33.7 Å². The topological polar surface area (TPSA) is 88.7 Å². The molecule has 0 spiro atoms. The molecular weight excluding hydrogens is 434 g/mol. The van der Waals surface area contributed by atoms with Gasteiger partial charge in [-0.15, -0.1) is 0 Å². The highest BCUT2D eigenvalue weighted by Crippen LogP contribution is 2.29. The molecule has 0 atom stereocenters. The molecule has 0 aliphatic rings. The van der Waals surface area contributed by atoms with Crippen molar-refractivity contribution >= 4 is 44.4 Å². The Balaban J connectivity index is 1.64. The summed E-state index contributed by atoms with van der Waals surface area (Å²) >= 11 is 5.36. The minimum atomic E-state index is -3.65. The zero-order chi connectivity index (χ0) is 22.4. The summed E-state index contributed by atoms with van der Waals surface area (Å²) in [6, 6.07) is 18.8. The zero-order valence-electron chi connectivity index (χ0n) is 17.3. The second-order valence-electron chi connectivity index (χ2n) is 6.64. The van der Waals surface area contributed by atoms with Crippen molar-refractivity contribution in [1.82, 2.24) is 0 Å². The van der Waals surface area contributed by atoms with Crippen LogP contribution < -0.4 is 24.8 Å². The molecule has 0 aromatic heterocycles. The molecule has 3 aromatic rings. The molecule has 162 valence electrons. The largest absolute Gasteiger partial charge is 0.497 e. The highest BCUT2D eigenvalue weighted by atomic mass is 32.2. The fourth-order valence-corrected chi connectivity index (χ4v) is 4.03. The minimum Gasteiger partial charge on any atom is -0.497 e. The summed E-state index contributed by atoms with van der Waals surface area (Å²) in [5.41, 5.74) is 2.82. The van der Waals surface area contributed by atoms with Gasteiger partial charge >= 0.3 is 0 Å². The van der Waals surface area contributed by atoms with Crippen LogP contribution in [0, 0.1) is 6.92 Å². The summed E-state index contributed by atoms with van der Waals surface area (Å²) in [6.07, 6.45) is 0. The molecule has 3 aromatic carbocycles. The second-order valence-corrected chi connectivity index (χ2v) is 8.73. The van der Waals surface area contributed by atoms with E-state index in [2.05, 4.69) is 15.4 Å². The number of aryl methyl sites for hydroxylation is 1. The average molecular weight is 458 g/mol. The SMILES string of the molecule is COc1ccc(NC(=S)Nc2ccc(NS(=O)(=O)c3ccc(C)cc3)cc2)c(OC)c1. The van der Waals surface area contributed by atoms with Crippen molar-refractivity contribution in [2.75, 3.05) is 29.6 Å². The molecule has 0 bridgehead atoms. The van der Waals surface area contributed by atoms with Gasteiger partial charge in [-0.3, -0.25) is 4.72 Å². The molecule has 3 N–H and O–H groups in total. The third-order valence-electron chi connectivity index (χ3n) is 4.38. The Kier molecular flexibility index (Phi) is 6.98. The fraction of sp³-hybridized carbons (Fsp3) is 0.136. The van der Waals surface area contributed by atoms with Gasteiger partial charge in [-0.05, 0) is 67.7 Å². The lowest BCUT2D eigenvalue weighted by Gasteiger charge is -2.15. The number of benzene rings is 3. The van der Waals surface area contributed by atoms with Gasteiger partial charge in [-0.1, -0.05) is 17.7 Å². The number of ether oxygens (including phenoxy) is 2. The predicted molar refractivity (Wildman–Crippen MR) is 128 cm³/mol. The number of hydrogen-bond acceptors (Lipinski definition) is 5. The number of sulfonamides is 1. The van der Waals surface area contributed by atoms with Crippen molar-refractivity contribution in [3.05, 3.63) is 72.3 Å². The summed E-state index contributed by atoms with van der Waals surface area (Å²) in [7, 11) is -0.509. The lowest BCUT2D eigenvalue weighted by Crippen LogP contribution is -2.19. The predicted octanol–water partition coefficient (Wildman–Crippen LogP) is 4.62. The van der Waals surface area contributed by atoms with Crippen LogP contribution in [0.15, 0.2) is 71.6 Å². The molecule has 0 heterocycles. The van der Waals surface area contributed by atoms with Gasteiger partial charge < -0.3 is 20.1 Å². The first kappa shape index (κ1) is 22.4. The van der Waals surface area contributed by atoms with Crippen LogP contribution in [-0.4, -0.2) is 27.7 Å². The van der Waals surface area contributed by atoms with Crippen molar-refractivity contribution in [3.63, 3.8) is 0 Å². The van der Waals surface area contributed by atoms with Crippen LogP contribution in [-0.2, 0) is 10.0 Å². The van der Waals surface area contributed by atoms with Gasteiger partial charge in [0.1, 0.15) is 11.5 Å². The maximum absolute atomic E-state index is 12.5. The first-order valence-corrected chi connectivity index (χ1v) is 11.2. The fourth-order valence-electron chi connectivity index (χ4n) is 2.74. The van der Waals surface area contributed by atoms with E-state index in [4.69, 9.17) is 21.7 Å². The van der Waals surface area contributed by atoms with E-state index in [1.807, 2.05) is 6.92 Å². The smallest absolute Gasteiger partial charge is 0.261 e. The third-order valence-corrected chi connectivity index (χ3v) is 5.98. The second kappa shape index (κ2) is 9.67. The van der Waals surface area contributed by atoms with Crippen molar-refractivity contribution in [3.8, 4) is 11.5 Å². The molecule has 0 saturated heterocycles. The van der Waals surface area contributed by atoms with Crippen LogP contribution in [0.1, 0.15) is 5.56 Å². The van der Waals surface area contributed by atoms with Gasteiger partial charge in [0.2, 0.25) is 0 Å². The summed E-state index contributed by atoms with van der Waals surface area (Å²) in [5, 5.41) is 6.48. The van der Waals surface area contributed by atoms with E-state index in [1.165, 1.54) is 0 Å². The van der Waals surface area contributed by atoms with E-state index in [1.54, 1.807) is 80.9 Å². The average Bonchev–Trinajstić information content (AvgIpc) is 2.75. The van der Waals surface area contributed by atoms with Crippen molar-refractivity contribution in [1.29, 1.82) is 0 Å². The third kappa shape index (κ3) is 5.87. The maximum Gasteiger partial charge on any atom is 0.261 e. The molecule has 0 aliphatic heterocycles. The molecule has 0 radical (unpaired) electrons. The Morgan fingerprint density at radius 1 is 0.839 bits per heavy atom. The molecular formula is C22H23N3O4S2. The number of thiocarbonyl (C=S) groups is 1. The molecule has 0 saturated carbocycles. The zero-order valence-corrected chi connectivity index (χ0v) is 18.9. The summed E-state index contributed by atoms with van der Waals surface area (Å²) in [6.45, 7) is 1.90. The Morgan fingerprint density at radius 2 is 1.48 bits per heavy atom. The molecule has 0 unspecified atom stereocenters. The summed E-state index contributed by atoms with van der Waals surface area (Å²) < 4.78 is 38.1. The van der Waals surface area contributed by atoms with E-state index >= 15 is 0 Å². The van der Waals surface area contributed by atoms with Gasteiger partial charge in [0.25, 0.3) is 10.0 Å². The van der Waals surface area contributed by atoms with E-state index in [-0.39, 0.29) is 4.90 Å². The Morgan fingerprint density at radius 3 is 2.10 bits per heavy atom. The van der Waals surface area contributed by atoms with Crippen molar-refractivity contribution < 1.29 is 17.9 Å². The molecule has 0 amide bonds.